The zero-order valence-electron chi connectivity index (χ0n) is 14.8. The van der Waals surface area contributed by atoms with Crippen molar-refractivity contribution in [2.75, 3.05) is 46.1 Å². The molecule has 3 aliphatic rings. The molecular formula is C18H30N2O4. The van der Waals surface area contributed by atoms with E-state index in [1.165, 1.54) is 12.8 Å². The van der Waals surface area contributed by atoms with Crippen molar-refractivity contribution in [3.05, 3.63) is 0 Å². The van der Waals surface area contributed by atoms with Gasteiger partial charge in [0.2, 0.25) is 11.8 Å². The van der Waals surface area contributed by atoms with Crippen molar-refractivity contribution >= 4 is 11.8 Å². The summed E-state index contributed by atoms with van der Waals surface area (Å²) in [5.41, 5.74) is -0.123. The van der Waals surface area contributed by atoms with Crippen molar-refractivity contribution in [1.29, 1.82) is 0 Å². The van der Waals surface area contributed by atoms with Gasteiger partial charge in [-0.3, -0.25) is 9.59 Å². The Hall–Kier alpha value is -1.14. The largest absolute Gasteiger partial charge is 0.381 e. The van der Waals surface area contributed by atoms with Crippen LogP contribution in [0, 0.1) is 5.92 Å². The summed E-state index contributed by atoms with van der Waals surface area (Å²) in [5.74, 6) is 0.994. The Bertz CT molecular complexity index is 458. The average molecular weight is 338 g/mol. The highest BCUT2D eigenvalue weighted by molar-refractivity contribution is 5.77. The lowest BCUT2D eigenvalue weighted by atomic mass is 9.84. The summed E-state index contributed by atoms with van der Waals surface area (Å²) >= 11 is 0. The molecule has 0 unspecified atom stereocenters. The third-order valence-electron chi connectivity index (χ3n) is 5.68. The Morgan fingerprint density at radius 1 is 1.12 bits per heavy atom. The summed E-state index contributed by atoms with van der Waals surface area (Å²) in [7, 11) is 0. The highest BCUT2D eigenvalue weighted by Gasteiger charge is 2.42. The van der Waals surface area contributed by atoms with Gasteiger partial charge >= 0.3 is 0 Å². The van der Waals surface area contributed by atoms with Crippen molar-refractivity contribution < 1.29 is 19.1 Å². The third kappa shape index (κ3) is 4.28. The molecule has 24 heavy (non-hydrogen) atoms. The van der Waals surface area contributed by atoms with Gasteiger partial charge in [0.1, 0.15) is 0 Å². The minimum absolute atomic E-state index is 0.110. The first kappa shape index (κ1) is 17.7. The molecule has 2 aliphatic heterocycles. The minimum Gasteiger partial charge on any atom is -0.381 e. The van der Waals surface area contributed by atoms with Crippen LogP contribution in [0.25, 0.3) is 0 Å². The first-order chi connectivity index (χ1) is 11.6. The average Bonchev–Trinajstić information content (AvgIpc) is 3.40. The van der Waals surface area contributed by atoms with E-state index in [4.69, 9.17) is 9.47 Å². The highest BCUT2D eigenvalue weighted by Crippen LogP contribution is 2.33. The monoisotopic (exact) mass is 338 g/mol. The van der Waals surface area contributed by atoms with Gasteiger partial charge in [0.25, 0.3) is 0 Å². The van der Waals surface area contributed by atoms with Crippen LogP contribution in [-0.4, -0.2) is 73.2 Å². The van der Waals surface area contributed by atoms with Crippen LogP contribution < -0.4 is 0 Å². The van der Waals surface area contributed by atoms with Crippen molar-refractivity contribution in [2.45, 2.75) is 51.0 Å². The number of carbonyl (C=O) groups is 2. The molecule has 0 aromatic rings. The molecule has 2 heterocycles. The Morgan fingerprint density at radius 3 is 2.54 bits per heavy atom. The molecule has 0 bridgehead atoms. The van der Waals surface area contributed by atoms with Gasteiger partial charge in [-0.05, 0) is 38.0 Å². The Balaban J connectivity index is 1.53. The second-order valence-corrected chi connectivity index (χ2v) is 7.41. The van der Waals surface area contributed by atoms with Gasteiger partial charge in [0.15, 0.2) is 0 Å². The maximum atomic E-state index is 12.5. The zero-order chi connectivity index (χ0) is 17.0. The van der Waals surface area contributed by atoms with E-state index >= 15 is 0 Å². The molecule has 0 radical (unpaired) electrons. The highest BCUT2D eigenvalue weighted by atomic mass is 16.5. The standard InChI is InChI=1S/C18H30N2O4/c1-15(21)20-10-9-19(8-5-18(20)6-12-23-13-7-18)17(22)4-11-24-14-16-2-3-16/h16H,2-14H2,1H3. The fraction of sp³-hybridized carbons (Fsp3) is 0.889. The molecule has 0 aromatic heterocycles. The molecule has 1 saturated carbocycles. The van der Waals surface area contributed by atoms with Crippen LogP contribution >= 0.6 is 0 Å². The normalized spacial score (nSPS) is 24.0. The predicted octanol–water partition coefficient (Wildman–Crippen LogP) is 1.43. The number of hydrogen-bond acceptors (Lipinski definition) is 4. The lowest BCUT2D eigenvalue weighted by Crippen LogP contribution is -2.54. The van der Waals surface area contributed by atoms with E-state index in [0.29, 0.717) is 39.3 Å². The predicted molar refractivity (Wildman–Crippen MR) is 89.5 cm³/mol. The van der Waals surface area contributed by atoms with Crippen LogP contribution in [-0.2, 0) is 19.1 Å². The molecule has 0 aromatic carbocycles. The maximum absolute atomic E-state index is 12.5. The molecule has 2 amide bonds. The number of hydrogen-bond donors (Lipinski definition) is 0. The van der Waals surface area contributed by atoms with E-state index in [1.54, 1.807) is 6.92 Å². The van der Waals surface area contributed by atoms with Gasteiger partial charge in [0, 0.05) is 51.9 Å². The molecule has 2 saturated heterocycles. The fourth-order valence-corrected chi connectivity index (χ4v) is 3.91. The molecule has 0 atom stereocenters. The smallest absolute Gasteiger partial charge is 0.224 e. The fourth-order valence-electron chi connectivity index (χ4n) is 3.91. The molecule has 0 N–H and O–H groups in total. The molecule has 136 valence electrons. The number of nitrogens with zero attached hydrogens (tertiary/aromatic N) is 2. The van der Waals surface area contributed by atoms with Gasteiger partial charge in [-0.25, -0.2) is 0 Å². The van der Waals surface area contributed by atoms with Crippen LogP contribution in [0.3, 0.4) is 0 Å². The summed E-state index contributed by atoms with van der Waals surface area (Å²) in [4.78, 5) is 28.5. The Labute approximate surface area is 144 Å². The van der Waals surface area contributed by atoms with Crippen LogP contribution in [0.1, 0.15) is 45.4 Å². The van der Waals surface area contributed by atoms with Gasteiger partial charge in [0.05, 0.1) is 13.0 Å². The van der Waals surface area contributed by atoms with Crippen molar-refractivity contribution in [3.63, 3.8) is 0 Å². The van der Waals surface area contributed by atoms with Crippen molar-refractivity contribution in [1.82, 2.24) is 9.80 Å². The lowest BCUT2D eigenvalue weighted by molar-refractivity contribution is -0.139. The second-order valence-electron chi connectivity index (χ2n) is 7.41. The van der Waals surface area contributed by atoms with Gasteiger partial charge < -0.3 is 19.3 Å². The van der Waals surface area contributed by atoms with Crippen molar-refractivity contribution in [2.24, 2.45) is 5.92 Å². The van der Waals surface area contributed by atoms with E-state index in [0.717, 1.165) is 38.3 Å². The molecule has 6 heteroatoms. The first-order valence-electron chi connectivity index (χ1n) is 9.32. The molecule has 3 fully saturated rings. The molecule has 6 nitrogen and oxygen atoms in total. The molecular weight excluding hydrogens is 308 g/mol. The number of carbonyl (C=O) groups excluding carboxylic acids is 2. The van der Waals surface area contributed by atoms with Crippen LogP contribution in [0.5, 0.6) is 0 Å². The summed E-state index contributed by atoms with van der Waals surface area (Å²) in [6, 6.07) is 0. The SMILES string of the molecule is CC(=O)N1CCN(C(=O)CCOCC2CC2)CCC12CCOCC2. The van der Waals surface area contributed by atoms with E-state index < -0.39 is 0 Å². The molecule has 1 aliphatic carbocycles. The van der Waals surface area contributed by atoms with Gasteiger partial charge in [-0.15, -0.1) is 0 Å². The Morgan fingerprint density at radius 2 is 1.88 bits per heavy atom. The van der Waals surface area contributed by atoms with Crippen LogP contribution in [0.4, 0.5) is 0 Å². The summed E-state index contributed by atoms with van der Waals surface area (Å²) in [5, 5.41) is 0. The maximum Gasteiger partial charge on any atom is 0.224 e. The van der Waals surface area contributed by atoms with Crippen molar-refractivity contribution in [3.8, 4) is 0 Å². The molecule has 3 rings (SSSR count). The third-order valence-corrected chi connectivity index (χ3v) is 5.68. The van der Waals surface area contributed by atoms with Gasteiger partial charge in [-0.1, -0.05) is 0 Å². The van der Waals surface area contributed by atoms with E-state index in [2.05, 4.69) is 0 Å². The lowest BCUT2D eigenvalue weighted by Gasteiger charge is -2.44. The number of rotatable bonds is 5. The number of amides is 2. The van der Waals surface area contributed by atoms with Crippen LogP contribution in [0.15, 0.2) is 0 Å². The zero-order valence-corrected chi connectivity index (χ0v) is 14.8. The van der Waals surface area contributed by atoms with Gasteiger partial charge in [-0.2, -0.15) is 0 Å². The quantitative estimate of drug-likeness (QED) is 0.712. The second kappa shape index (κ2) is 7.83. The number of ether oxygens (including phenoxy) is 2. The minimum atomic E-state index is -0.123. The van der Waals surface area contributed by atoms with E-state index in [9.17, 15) is 9.59 Å². The molecule has 1 spiro atoms. The van der Waals surface area contributed by atoms with E-state index in [1.807, 2.05) is 9.80 Å². The summed E-state index contributed by atoms with van der Waals surface area (Å²) in [6.45, 7) is 6.34. The summed E-state index contributed by atoms with van der Waals surface area (Å²) in [6.07, 6.45) is 5.59. The van der Waals surface area contributed by atoms with E-state index in [-0.39, 0.29) is 17.4 Å². The Kier molecular flexibility index (Phi) is 5.76. The topological polar surface area (TPSA) is 59.1 Å². The van der Waals surface area contributed by atoms with Crippen LogP contribution in [0.2, 0.25) is 0 Å². The first-order valence-corrected chi connectivity index (χ1v) is 9.32. The summed E-state index contributed by atoms with van der Waals surface area (Å²) < 4.78 is 11.1.